The second-order valence-corrected chi connectivity index (χ2v) is 4.80. The number of rotatable bonds is 2. The zero-order valence-corrected chi connectivity index (χ0v) is 10.8. The molecule has 1 heterocycles. The van der Waals surface area contributed by atoms with Crippen molar-refractivity contribution >= 4 is 5.97 Å². The SMILES string of the molecule is CN1CCC(C(=O)Oc2c(F)c(F)cc(F)c2F)CC1. The summed E-state index contributed by atoms with van der Waals surface area (Å²) in [5, 5.41) is 0. The van der Waals surface area contributed by atoms with Gasteiger partial charge in [-0.05, 0) is 33.0 Å². The summed E-state index contributed by atoms with van der Waals surface area (Å²) >= 11 is 0. The summed E-state index contributed by atoms with van der Waals surface area (Å²) in [6, 6.07) is 0.0670. The van der Waals surface area contributed by atoms with Crippen molar-refractivity contribution in [3.05, 3.63) is 29.3 Å². The van der Waals surface area contributed by atoms with Crippen LogP contribution in [0, 0.1) is 29.2 Å². The van der Waals surface area contributed by atoms with E-state index in [0.717, 1.165) is 0 Å². The molecule has 0 amide bonds. The molecule has 0 saturated carbocycles. The maximum Gasteiger partial charge on any atom is 0.314 e. The average molecular weight is 291 g/mol. The van der Waals surface area contributed by atoms with E-state index in [9.17, 15) is 22.4 Å². The minimum Gasteiger partial charge on any atom is -0.420 e. The second kappa shape index (κ2) is 5.78. The fourth-order valence-corrected chi connectivity index (χ4v) is 2.07. The molecule has 0 radical (unpaired) electrons. The van der Waals surface area contributed by atoms with Crippen molar-refractivity contribution in [3.8, 4) is 5.75 Å². The number of ether oxygens (including phenoxy) is 1. The summed E-state index contributed by atoms with van der Waals surface area (Å²) < 4.78 is 57.2. The Morgan fingerprint density at radius 1 is 1.15 bits per heavy atom. The second-order valence-electron chi connectivity index (χ2n) is 4.80. The van der Waals surface area contributed by atoms with Gasteiger partial charge >= 0.3 is 5.97 Å². The van der Waals surface area contributed by atoms with Crippen LogP contribution in [-0.4, -0.2) is 31.0 Å². The van der Waals surface area contributed by atoms with Crippen LogP contribution in [0.1, 0.15) is 12.8 Å². The maximum absolute atomic E-state index is 13.4. The van der Waals surface area contributed by atoms with Crippen LogP contribution in [0.15, 0.2) is 6.07 Å². The molecule has 1 aliphatic rings. The molecule has 0 aliphatic carbocycles. The van der Waals surface area contributed by atoms with Gasteiger partial charge in [-0.3, -0.25) is 4.79 Å². The first-order valence-corrected chi connectivity index (χ1v) is 6.13. The summed E-state index contributed by atoms with van der Waals surface area (Å²) in [6.45, 7) is 1.28. The van der Waals surface area contributed by atoms with E-state index in [1.807, 2.05) is 11.9 Å². The lowest BCUT2D eigenvalue weighted by molar-refractivity contribution is -0.140. The van der Waals surface area contributed by atoms with E-state index in [-0.39, 0.29) is 6.07 Å². The van der Waals surface area contributed by atoms with Gasteiger partial charge in [0.2, 0.25) is 17.4 Å². The molecule has 0 N–H and O–H groups in total. The number of carbonyl (C=O) groups excluding carboxylic acids is 1. The molecule has 0 bridgehead atoms. The van der Waals surface area contributed by atoms with E-state index in [2.05, 4.69) is 4.74 Å². The number of benzene rings is 1. The topological polar surface area (TPSA) is 29.5 Å². The highest BCUT2D eigenvalue weighted by molar-refractivity contribution is 5.75. The minimum atomic E-state index is -1.70. The van der Waals surface area contributed by atoms with Crippen LogP contribution in [0.4, 0.5) is 17.6 Å². The van der Waals surface area contributed by atoms with Gasteiger partial charge < -0.3 is 9.64 Å². The number of esters is 1. The Labute approximate surface area is 113 Å². The Kier molecular flexibility index (Phi) is 4.27. The lowest BCUT2D eigenvalue weighted by Gasteiger charge is -2.27. The van der Waals surface area contributed by atoms with Gasteiger partial charge in [0.1, 0.15) is 0 Å². The van der Waals surface area contributed by atoms with E-state index in [1.165, 1.54) is 0 Å². The molecule has 1 aromatic carbocycles. The highest BCUT2D eigenvalue weighted by Gasteiger charge is 2.29. The van der Waals surface area contributed by atoms with Crippen molar-refractivity contribution in [1.82, 2.24) is 4.90 Å². The molecular formula is C13H13F4NO2. The van der Waals surface area contributed by atoms with Crippen LogP contribution in [0.25, 0.3) is 0 Å². The number of carbonyl (C=O) groups is 1. The van der Waals surface area contributed by atoms with Gasteiger partial charge in [-0.25, -0.2) is 8.78 Å². The van der Waals surface area contributed by atoms with Crippen molar-refractivity contribution in [1.29, 1.82) is 0 Å². The fraction of sp³-hybridized carbons (Fsp3) is 0.462. The molecule has 0 aromatic heterocycles. The van der Waals surface area contributed by atoms with Crippen LogP contribution in [0.3, 0.4) is 0 Å². The molecule has 1 saturated heterocycles. The van der Waals surface area contributed by atoms with E-state index >= 15 is 0 Å². The predicted molar refractivity (Wildman–Crippen MR) is 62.1 cm³/mol. The van der Waals surface area contributed by atoms with Gasteiger partial charge in [-0.2, -0.15) is 8.78 Å². The van der Waals surface area contributed by atoms with Crippen LogP contribution in [-0.2, 0) is 4.79 Å². The van der Waals surface area contributed by atoms with Crippen LogP contribution in [0.2, 0.25) is 0 Å². The summed E-state index contributed by atoms with van der Waals surface area (Å²) in [4.78, 5) is 13.8. The first kappa shape index (κ1) is 14.8. The highest BCUT2D eigenvalue weighted by Crippen LogP contribution is 2.28. The van der Waals surface area contributed by atoms with E-state index in [4.69, 9.17) is 0 Å². The Balaban J connectivity index is 2.16. The van der Waals surface area contributed by atoms with E-state index in [1.54, 1.807) is 0 Å². The molecule has 3 nitrogen and oxygen atoms in total. The Hall–Kier alpha value is -1.63. The molecule has 0 spiro atoms. The zero-order valence-electron chi connectivity index (χ0n) is 10.8. The predicted octanol–water partition coefficient (Wildman–Crippen LogP) is 2.49. The molecule has 1 aliphatic heterocycles. The van der Waals surface area contributed by atoms with Crippen molar-refractivity contribution < 1.29 is 27.1 Å². The molecule has 20 heavy (non-hydrogen) atoms. The first-order valence-electron chi connectivity index (χ1n) is 6.13. The van der Waals surface area contributed by atoms with E-state index < -0.39 is 40.9 Å². The molecule has 1 fully saturated rings. The quantitative estimate of drug-likeness (QED) is 0.363. The van der Waals surface area contributed by atoms with Crippen LogP contribution >= 0.6 is 0 Å². The molecular weight excluding hydrogens is 278 g/mol. The molecule has 7 heteroatoms. The number of likely N-dealkylation sites (tertiary alicyclic amines) is 1. The smallest absolute Gasteiger partial charge is 0.314 e. The van der Waals surface area contributed by atoms with Gasteiger partial charge in [-0.15, -0.1) is 0 Å². The fourth-order valence-electron chi connectivity index (χ4n) is 2.07. The third-order valence-corrected chi connectivity index (χ3v) is 3.33. The normalized spacial score (nSPS) is 17.2. The largest absolute Gasteiger partial charge is 0.420 e. The number of piperidine rings is 1. The third kappa shape index (κ3) is 2.92. The molecule has 0 unspecified atom stereocenters. The highest BCUT2D eigenvalue weighted by atomic mass is 19.2. The van der Waals surface area contributed by atoms with Gasteiger partial charge in [0.05, 0.1) is 5.92 Å². The lowest BCUT2D eigenvalue weighted by Crippen LogP contribution is -2.35. The van der Waals surface area contributed by atoms with Crippen LogP contribution in [0.5, 0.6) is 5.75 Å². The molecule has 110 valence electrons. The third-order valence-electron chi connectivity index (χ3n) is 3.33. The van der Waals surface area contributed by atoms with Crippen molar-refractivity contribution in [2.24, 2.45) is 5.92 Å². The zero-order chi connectivity index (χ0) is 14.9. The van der Waals surface area contributed by atoms with Crippen molar-refractivity contribution in [3.63, 3.8) is 0 Å². The first-order chi connectivity index (χ1) is 9.40. The molecule has 1 aromatic rings. The van der Waals surface area contributed by atoms with Gasteiger partial charge in [-0.1, -0.05) is 0 Å². The van der Waals surface area contributed by atoms with Gasteiger partial charge in [0.15, 0.2) is 11.6 Å². The monoisotopic (exact) mass is 291 g/mol. The van der Waals surface area contributed by atoms with Crippen molar-refractivity contribution in [2.75, 3.05) is 20.1 Å². The summed E-state index contributed by atoms with van der Waals surface area (Å²) in [6.07, 6.45) is 0.937. The Bertz CT molecular complexity index is 501. The van der Waals surface area contributed by atoms with E-state index in [0.29, 0.717) is 25.9 Å². The lowest BCUT2D eigenvalue weighted by atomic mass is 9.97. The Morgan fingerprint density at radius 2 is 1.65 bits per heavy atom. The Morgan fingerprint density at radius 3 is 2.15 bits per heavy atom. The number of halogens is 4. The number of hydrogen-bond donors (Lipinski definition) is 0. The van der Waals surface area contributed by atoms with Crippen LogP contribution < -0.4 is 4.74 Å². The van der Waals surface area contributed by atoms with Gasteiger partial charge in [0, 0.05) is 6.07 Å². The van der Waals surface area contributed by atoms with Gasteiger partial charge in [0.25, 0.3) is 0 Å². The summed E-state index contributed by atoms with van der Waals surface area (Å²) in [5.41, 5.74) is 0. The van der Waals surface area contributed by atoms with Crippen molar-refractivity contribution in [2.45, 2.75) is 12.8 Å². The maximum atomic E-state index is 13.4. The summed E-state index contributed by atoms with van der Waals surface area (Å²) in [5.74, 6) is -9.33. The number of nitrogens with zero attached hydrogens (tertiary/aromatic N) is 1. The number of hydrogen-bond acceptors (Lipinski definition) is 3. The molecule has 0 atom stereocenters. The standard InChI is InChI=1S/C13H13F4NO2/c1-18-4-2-7(3-5-18)13(19)20-12-10(16)8(14)6-9(15)11(12)17/h6-7H,2-5H2,1H3. The molecule has 2 rings (SSSR count). The minimum absolute atomic E-state index is 0.0670. The summed E-state index contributed by atoms with van der Waals surface area (Å²) in [7, 11) is 1.88. The average Bonchev–Trinajstić information content (AvgIpc) is 2.42.